The van der Waals surface area contributed by atoms with Crippen LogP contribution < -0.4 is 10.8 Å². The van der Waals surface area contributed by atoms with E-state index in [2.05, 4.69) is 5.32 Å². The minimum Gasteiger partial charge on any atom is -0.313 e. The standard InChI is InChI=1S/C6H12N2O2/c1-4-5(2-3-7-4)6(9)8-10/h4-5,7,10H,2-3H2,1H3,(H,8,9). The Bertz CT molecular complexity index is 138. The van der Waals surface area contributed by atoms with Gasteiger partial charge in [-0.25, -0.2) is 5.48 Å². The van der Waals surface area contributed by atoms with E-state index in [1.165, 1.54) is 0 Å². The summed E-state index contributed by atoms with van der Waals surface area (Å²) in [6.07, 6.45) is 0.813. The Labute approximate surface area is 59.6 Å². The van der Waals surface area contributed by atoms with Gasteiger partial charge in [0.25, 0.3) is 0 Å². The average Bonchev–Trinajstić information content (AvgIpc) is 2.34. The van der Waals surface area contributed by atoms with Crippen molar-refractivity contribution in [1.29, 1.82) is 0 Å². The Kier molecular flexibility index (Phi) is 2.24. The van der Waals surface area contributed by atoms with Crippen molar-refractivity contribution in [3.8, 4) is 0 Å². The molecule has 1 amide bonds. The lowest BCUT2D eigenvalue weighted by Crippen LogP contribution is -2.34. The van der Waals surface area contributed by atoms with E-state index in [4.69, 9.17) is 5.21 Å². The molecule has 1 aliphatic rings. The Balaban J connectivity index is 2.46. The summed E-state index contributed by atoms with van der Waals surface area (Å²) >= 11 is 0. The first-order valence-corrected chi connectivity index (χ1v) is 3.43. The Hall–Kier alpha value is -0.610. The lowest BCUT2D eigenvalue weighted by atomic mass is 10.0. The first kappa shape index (κ1) is 7.50. The van der Waals surface area contributed by atoms with E-state index in [0.717, 1.165) is 13.0 Å². The SMILES string of the molecule is CC1NCCC1C(=O)NO. The molecule has 3 N–H and O–H groups in total. The maximum absolute atomic E-state index is 10.8. The molecule has 1 aliphatic heterocycles. The Morgan fingerprint density at radius 2 is 2.50 bits per heavy atom. The van der Waals surface area contributed by atoms with Crippen LogP contribution in [0.1, 0.15) is 13.3 Å². The molecule has 4 heteroatoms. The minimum absolute atomic E-state index is 0.0648. The van der Waals surface area contributed by atoms with Crippen LogP contribution in [0.2, 0.25) is 0 Å². The highest BCUT2D eigenvalue weighted by Gasteiger charge is 2.28. The summed E-state index contributed by atoms with van der Waals surface area (Å²) in [6, 6.07) is 0.187. The highest BCUT2D eigenvalue weighted by molar-refractivity contribution is 5.78. The van der Waals surface area contributed by atoms with Crippen molar-refractivity contribution in [2.45, 2.75) is 19.4 Å². The molecule has 1 saturated heterocycles. The normalized spacial score (nSPS) is 32.2. The largest absolute Gasteiger partial charge is 0.313 e. The fraction of sp³-hybridized carbons (Fsp3) is 0.833. The predicted molar refractivity (Wildman–Crippen MR) is 35.5 cm³/mol. The van der Waals surface area contributed by atoms with Gasteiger partial charge in [0.2, 0.25) is 5.91 Å². The van der Waals surface area contributed by atoms with Crippen LogP contribution in [0, 0.1) is 5.92 Å². The van der Waals surface area contributed by atoms with Crippen LogP contribution in [0.4, 0.5) is 0 Å². The van der Waals surface area contributed by atoms with Crippen LogP contribution in [0.15, 0.2) is 0 Å². The number of amides is 1. The quantitative estimate of drug-likeness (QED) is 0.343. The van der Waals surface area contributed by atoms with Crippen molar-refractivity contribution in [1.82, 2.24) is 10.8 Å². The zero-order chi connectivity index (χ0) is 7.56. The summed E-state index contributed by atoms with van der Waals surface area (Å²) < 4.78 is 0. The van der Waals surface area contributed by atoms with Crippen molar-refractivity contribution in [2.24, 2.45) is 5.92 Å². The molecule has 0 aromatic carbocycles. The molecule has 0 saturated carbocycles. The molecule has 58 valence electrons. The van der Waals surface area contributed by atoms with E-state index >= 15 is 0 Å². The first-order chi connectivity index (χ1) is 4.75. The molecule has 0 aromatic rings. The second kappa shape index (κ2) is 2.98. The molecule has 1 heterocycles. The van der Waals surface area contributed by atoms with E-state index < -0.39 is 0 Å². The van der Waals surface area contributed by atoms with Crippen molar-refractivity contribution in [3.05, 3.63) is 0 Å². The van der Waals surface area contributed by atoms with Crippen LogP contribution in [0.5, 0.6) is 0 Å². The van der Waals surface area contributed by atoms with Gasteiger partial charge in [0.15, 0.2) is 0 Å². The van der Waals surface area contributed by atoms with Gasteiger partial charge in [-0.3, -0.25) is 10.0 Å². The molecule has 0 aliphatic carbocycles. The number of hydrogen-bond acceptors (Lipinski definition) is 3. The molecule has 0 bridgehead atoms. The highest BCUT2D eigenvalue weighted by Crippen LogP contribution is 2.14. The maximum atomic E-state index is 10.8. The molecule has 0 aromatic heterocycles. The van der Waals surface area contributed by atoms with Gasteiger partial charge in [-0.2, -0.15) is 0 Å². The van der Waals surface area contributed by atoms with Crippen molar-refractivity contribution >= 4 is 5.91 Å². The van der Waals surface area contributed by atoms with E-state index in [1.807, 2.05) is 6.92 Å². The van der Waals surface area contributed by atoms with Crippen LogP contribution in [0.3, 0.4) is 0 Å². The fourth-order valence-electron chi connectivity index (χ4n) is 1.30. The number of rotatable bonds is 1. The summed E-state index contributed by atoms with van der Waals surface area (Å²) in [4.78, 5) is 10.8. The first-order valence-electron chi connectivity index (χ1n) is 3.43. The van der Waals surface area contributed by atoms with Crippen LogP contribution >= 0.6 is 0 Å². The van der Waals surface area contributed by atoms with Crippen molar-refractivity contribution in [3.63, 3.8) is 0 Å². The molecule has 1 rings (SSSR count). The van der Waals surface area contributed by atoms with Gasteiger partial charge in [-0.05, 0) is 19.9 Å². The van der Waals surface area contributed by atoms with Crippen LogP contribution in [-0.4, -0.2) is 23.7 Å². The molecule has 10 heavy (non-hydrogen) atoms. The zero-order valence-electron chi connectivity index (χ0n) is 5.92. The van der Waals surface area contributed by atoms with Gasteiger partial charge >= 0.3 is 0 Å². The van der Waals surface area contributed by atoms with E-state index in [9.17, 15) is 4.79 Å². The van der Waals surface area contributed by atoms with E-state index in [0.29, 0.717) is 0 Å². The summed E-state index contributed by atoms with van der Waals surface area (Å²) in [5.41, 5.74) is 1.66. The molecular formula is C6H12N2O2. The lowest BCUT2D eigenvalue weighted by Gasteiger charge is -2.11. The Morgan fingerprint density at radius 1 is 1.80 bits per heavy atom. The molecule has 2 atom stereocenters. The van der Waals surface area contributed by atoms with Gasteiger partial charge < -0.3 is 5.32 Å². The van der Waals surface area contributed by atoms with Gasteiger partial charge in [-0.15, -0.1) is 0 Å². The number of carbonyl (C=O) groups excluding carboxylic acids is 1. The summed E-state index contributed by atoms with van der Waals surface area (Å²) in [7, 11) is 0. The summed E-state index contributed by atoms with van der Waals surface area (Å²) in [5.74, 6) is -0.345. The maximum Gasteiger partial charge on any atom is 0.248 e. The highest BCUT2D eigenvalue weighted by atomic mass is 16.5. The summed E-state index contributed by atoms with van der Waals surface area (Å²) in [5, 5.41) is 11.4. The third-order valence-corrected chi connectivity index (χ3v) is 1.97. The number of hydrogen-bond donors (Lipinski definition) is 3. The molecule has 0 spiro atoms. The van der Waals surface area contributed by atoms with E-state index in [-0.39, 0.29) is 17.9 Å². The average molecular weight is 144 g/mol. The molecule has 1 fully saturated rings. The van der Waals surface area contributed by atoms with Crippen molar-refractivity contribution in [2.75, 3.05) is 6.54 Å². The van der Waals surface area contributed by atoms with Crippen LogP contribution in [-0.2, 0) is 4.79 Å². The Morgan fingerprint density at radius 3 is 2.90 bits per heavy atom. The molecule has 4 nitrogen and oxygen atoms in total. The zero-order valence-corrected chi connectivity index (χ0v) is 5.92. The fourth-order valence-corrected chi connectivity index (χ4v) is 1.30. The number of hydroxylamine groups is 1. The predicted octanol–water partition coefficient (Wildman–Crippen LogP) is -0.510. The molecular weight excluding hydrogens is 132 g/mol. The van der Waals surface area contributed by atoms with Crippen molar-refractivity contribution < 1.29 is 10.0 Å². The smallest absolute Gasteiger partial charge is 0.248 e. The minimum atomic E-state index is -0.280. The van der Waals surface area contributed by atoms with Crippen LogP contribution in [0.25, 0.3) is 0 Å². The topological polar surface area (TPSA) is 61.4 Å². The monoisotopic (exact) mass is 144 g/mol. The molecule has 2 unspecified atom stereocenters. The molecule has 0 radical (unpaired) electrons. The second-order valence-corrected chi connectivity index (χ2v) is 2.61. The third kappa shape index (κ3) is 1.27. The number of carbonyl (C=O) groups is 1. The van der Waals surface area contributed by atoms with E-state index in [1.54, 1.807) is 5.48 Å². The van der Waals surface area contributed by atoms with Gasteiger partial charge in [-0.1, -0.05) is 0 Å². The second-order valence-electron chi connectivity index (χ2n) is 2.61. The lowest BCUT2D eigenvalue weighted by molar-refractivity contribution is -0.133. The number of nitrogens with one attached hydrogen (secondary N) is 2. The summed E-state index contributed by atoms with van der Waals surface area (Å²) in [6.45, 7) is 2.80. The van der Waals surface area contributed by atoms with Gasteiger partial charge in [0, 0.05) is 6.04 Å². The van der Waals surface area contributed by atoms with Gasteiger partial charge in [0.05, 0.1) is 5.92 Å². The third-order valence-electron chi connectivity index (χ3n) is 1.97. The van der Waals surface area contributed by atoms with Gasteiger partial charge in [0.1, 0.15) is 0 Å².